The molecule has 26 heavy (non-hydrogen) atoms. The molecule has 2 aromatic rings. The molecule has 1 N–H and O–H groups in total. The van der Waals surface area contributed by atoms with E-state index < -0.39 is 10.0 Å². The zero-order valence-corrected chi connectivity index (χ0v) is 15.6. The van der Waals surface area contributed by atoms with Crippen LogP contribution in [0.4, 0.5) is 0 Å². The molecule has 8 heteroatoms. The van der Waals surface area contributed by atoms with Crippen molar-refractivity contribution in [1.29, 1.82) is 0 Å². The molecule has 3 fully saturated rings. The minimum atomic E-state index is -3.41. The van der Waals surface area contributed by atoms with Crippen molar-refractivity contribution in [3.8, 4) is 0 Å². The van der Waals surface area contributed by atoms with Gasteiger partial charge in [0.2, 0.25) is 10.0 Å². The molecule has 7 nitrogen and oxygen atoms in total. The van der Waals surface area contributed by atoms with E-state index in [0.29, 0.717) is 16.7 Å². The Labute approximate surface area is 153 Å². The van der Waals surface area contributed by atoms with Crippen molar-refractivity contribution >= 4 is 10.0 Å². The van der Waals surface area contributed by atoms with Crippen molar-refractivity contribution < 1.29 is 8.42 Å². The number of H-pyrrole nitrogens is 1. The van der Waals surface area contributed by atoms with E-state index in [2.05, 4.69) is 20.3 Å². The average Bonchev–Trinajstić information content (AvgIpc) is 3.37. The van der Waals surface area contributed by atoms with Gasteiger partial charge in [0.25, 0.3) is 0 Å². The summed E-state index contributed by atoms with van der Waals surface area (Å²) in [5.74, 6) is 0.870. The molecular formula is C18H23N5O2S. The fourth-order valence-electron chi connectivity index (χ4n) is 5.26. The number of likely N-dealkylation sites (tertiary alicyclic amines) is 1. The summed E-state index contributed by atoms with van der Waals surface area (Å²) in [6.45, 7) is 4.68. The molecule has 3 saturated heterocycles. The van der Waals surface area contributed by atoms with E-state index in [1.807, 2.05) is 23.4 Å². The number of aryl methyl sites for hydroxylation is 1. The maximum absolute atomic E-state index is 13.3. The molecular weight excluding hydrogens is 350 g/mol. The van der Waals surface area contributed by atoms with E-state index in [4.69, 9.17) is 0 Å². The van der Waals surface area contributed by atoms with E-state index in [-0.39, 0.29) is 12.1 Å². The van der Waals surface area contributed by atoms with Crippen LogP contribution in [-0.2, 0) is 16.6 Å². The van der Waals surface area contributed by atoms with Crippen LogP contribution in [0.15, 0.2) is 35.4 Å². The Morgan fingerprint density at radius 3 is 2.35 bits per heavy atom. The summed E-state index contributed by atoms with van der Waals surface area (Å²) in [4.78, 5) is 2.84. The van der Waals surface area contributed by atoms with Gasteiger partial charge in [-0.2, -0.15) is 4.31 Å². The highest BCUT2D eigenvalue weighted by molar-refractivity contribution is 7.89. The van der Waals surface area contributed by atoms with Crippen LogP contribution in [0, 0.1) is 18.8 Å². The number of rotatable bonds is 4. The molecule has 2 bridgehead atoms. The molecule has 0 saturated carbocycles. The predicted molar refractivity (Wildman–Crippen MR) is 95.7 cm³/mol. The Bertz CT molecular complexity index is 876. The SMILES string of the molecule is Cc1ccc(S(=O)(=O)N2[C@@H]3CC[C@H]2[C@H]2CN(Cc4cnn[nH]4)C[C@H]23)cc1. The number of sulfonamides is 1. The van der Waals surface area contributed by atoms with Crippen molar-refractivity contribution in [3.63, 3.8) is 0 Å². The Balaban J connectivity index is 1.38. The van der Waals surface area contributed by atoms with Crippen LogP contribution < -0.4 is 0 Å². The minimum absolute atomic E-state index is 0.140. The molecule has 4 heterocycles. The van der Waals surface area contributed by atoms with Crippen LogP contribution in [0.25, 0.3) is 0 Å². The second-order valence-corrected chi connectivity index (χ2v) is 9.71. The summed E-state index contributed by atoms with van der Waals surface area (Å²) >= 11 is 0. The Morgan fingerprint density at radius 1 is 1.12 bits per heavy atom. The smallest absolute Gasteiger partial charge is 0.243 e. The molecule has 0 amide bonds. The quantitative estimate of drug-likeness (QED) is 0.876. The summed E-state index contributed by atoms with van der Waals surface area (Å²) in [6, 6.07) is 7.53. The first-order chi connectivity index (χ1) is 12.5. The van der Waals surface area contributed by atoms with Gasteiger partial charge in [-0.1, -0.05) is 22.9 Å². The Morgan fingerprint density at radius 2 is 1.77 bits per heavy atom. The van der Waals surface area contributed by atoms with Crippen LogP contribution in [0.3, 0.4) is 0 Å². The third-order valence-corrected chi connectivity index (χ3v) is 8.31. The van der Waals surface area contributed by atoms with Crippen molar-refractivity contribution in [2.24, 2.45) is 11.8 Å². The number of aromatic nitrogens is 3. The van der Waals surface area contributed by atoms with Gasteiger partial charge in [-0.25, -0.2) is 8.42 Å². The van der Waals surface area contributed by atoms with Crippen molar-refractivity contribution in [2.45, 2.75) is 43.3 Å². The summed E-state index contributed by atoms with van der Waals surface area (Å²) < 4.78 is 28.4. The van der Waals surface area contributed by atoms with E-state index >= 15 is 0 Å². The van der Waals surface area contributed by atoms with E-state index in [1.165, 1.54) is 0 Å². The van der Waals surface area contributed by atoms with Crippen molar-refractivity contribution in [2.75, 3.05) is 13.1 Å². The lowest BCUT2D eigenvalue weighted by Crippen LogP contribution is -2.39. The molecule has 0 spiro atoms. The maximum Gasteiger partial charge on any atom is 0.243 e. The van der Waals surface area contributed by atoms with Crippen LogP contribution in [0.2, 0.25) is 0 Å². The summed E-state index contributed by atoms with van der Waals surface area (Å²) in [7, 11) is -3.41. The topological polar surface area (TPSA) is 82.2 Å². The number of hydrogen-bond acceptors (Lipinski definition) is 5. The molecule has 1 aromatic heterocycles. The lowest BCUT2D eigenvalue weighted by molar-refractivity contribution is 0.259. The summed E-state index contributed by atoms with van der Waals surface area (Å²) in [5, 5.41) is 10.5. The van der Waals surface area contributed by atoms with Gasteiger partial charge in [0.1, 0.15) is 0 Å². The minimum Gasteiger partial charge on any atom is -0.297 e. The molecule has 138 valence electrons. The fraction of sp³-hybridized carbons (Fsp3) is 0.556. The molecule has 5 rings (SSSR count). The number of nitrogens with one attached hydrogen (secondary N) is 1. The molecule has 0 radical (unpaired) electrons. The zero-order chi connectivity index (χ0) is 17.9. The van der Waals surface area contributed by atoms with Gasteiger partial charge in [0.05, 0.1) is 16.8 Å². The van der Waals surface area contributed by atoms with Gasteiger partial charge in [-0.15, -0.1) is 5.10 Å². The molecule has 3 aliphatic rings. The lowest BCUT2D eigenvalue weighted by atomic mass is 9.82. The first kappa shape index (κ1) is 16.4. The third kappa shape index (κ3) is 2.43. The van der Waals surface area contributed by atoms with Gasteiger partial charge in [-0.3, -0.25) is 10.00 Å². The molecule has 0 aliphatic carbocycles. The first-order valence-corrected chi connectivity index (χ1v) is 10.7. The molecule has 1 aromatic carbocycles. The molecule has 3 aliphatic heterocycles. The Hall–Kier alpha value is -1.77. The number of nitrogens with zero attached hydrogens (tertiary/aromatic N) is 4. The van der Waals surface area contributed by atoms with Crippen molar-refractivity contribution in [1.82, 2.24) is 24.6 Å². The van der Waals surface area contributed by atoms with E-state index in [1.54, 1.807) is 18.3 Å². The fourth-order valence-corrected chi connectivity index (χ4v) is 7.22. The second kappa shape index (κ2) is 5.87. The highest BCUT2D eigenvalue weighted by Crippen LogP contribution is 2.51. The maximum atomic E-state index is 13.3. The summed E-state index contributed by atoms with van der Waals surface area (Å²) in [6.07, 6.45) is 3.73. The average molecular weight is 373 g/mol. The number of aromatic amines is 1. The zero-order valence-electron chi connectivity index (χ0n) is 14.7. The van der Waals surface area contributed by atoms with Crippen LogP contribution in [-0.4, -0.2) is 58.2 Å². The largest absolute Gasteiger partial charge is 0.297 e. The van der Waals surface area contributed by atoms with Gasteiger partial charge in [0.15, 0.2) is 0 Å². The van der Waals surface area contributed by atoms with E-state index in [9.17, 15) is 8.42 Å². The van der Waals surface area contributed by atoms with Gasteiger partial charge < -0.3 is 0 Å². The van der Waals surface area contributed by atoms with Gasteiger partial charge in [-0.05, 0) is 43.7 Å². The summed E-state index contributed by atoms with van der Waals surface area (Å²) in [5.41, 5.74) is 2.09. The highest BCUT2D eigenvalue weighted by Gasteiger charge is 2.60. The normalized spacial score (nSPS) is 31.6. The number of hydrogen-bond donors (Lipinski definition) is 1. The lowest BCUT2D eigenvalue weighted by Gasteiger charge is -2.26. The van der Waals surface area contributed by atoms with Gasteiger partial charge >= 0.3 is 0 Å². The molecule has 0 unspecified atom stereocenters. The third-order valence-electron chi connectivity index (χ3n) is 6.34. The predicted octanol–water partition coefficient (Wildman–Crippen LogP) is 1.40. The van der Waals surface area contributed by atoms with Crippen molar-refractivity contribution in [3.05, 3.63) is 41.7 Å². The van der Waals surface area contributed by atoms with E-state index in [0.717, 1.165) is 43.7 Å². The van der Waals surface area contributed by atoms with Crippen LogP contribution in [0.5, 0.6) is 0 Å². The monoisotopic (exact) mass is 373 g/mol. The number of benzene rings is 1. The van der Waals surface area contributed by atoms with Crippen LogP contribution >= 0.6 is 0 Å². The first-order valence-electron chi connectivity index (χ1n) is 9.21. The number of fused-ring (bicyclic) bond motifs is 5. The van der Waals surface area contributed by atoms with Crippen LogP contribution in [0.1, 0.15) is 24.1 Å². The molecule has 4 atom stereocenters. The Kier molecular flexibility index (Phi) is 3.70. The standard InChI is InChI=1S/C18H23N5O2S/c1-12-2-4-14(5-3-12)26(24,25)23-17-6-7-18(23)16-11-22(10-15(16)17)9-13-8-19-21-20-13/h2-5,8,15-18H,6-7,9-11H2,1H3,(H,19,20,21)/t15-,16+,17-,18+. The van der Waals surface area contributed by atoms with Gasteiger partial charge in [0, 0.05) is 31.7 Å². The second-order valence-electron chi connectivity index (χ2n) is 7.86. The highest BCUT2D eigenvalue weighted by atomic mass is 32.2.